The summed E-state index contributed by atoms with van der Waals surface area (Å²) in [5, 5.41) is 4.30. The molecule has 1 atom stereocenters. The zero-order valence-electron chi connectivity index (χ0n) is 11.6. The number of benzene rings is 1. The van der Waals surface area contributed by atoms with Gasteiger partial charge >= 0.3 is 0 Å². The smallest absolute Gasteiger partial charge is 0.227 e. The van der Waals surface area contributed by atoms with Crippen LogP contribution >= 0.6 is 0 Å². The van der Waals surface area contributed by atoms with Crippen molar-refractivity contribution in [3.05, 3.63) is 35.5 Å². The van der Waals surface area contributed by atoms with Gasteiger partial charge in [-0.3, -0.25) is 4.79 Å². The van der Waals surface area contributed by atoms with Gasteiger partial charge in [0.1, 0.15) is 0 Å². The Morgan fingerprint density at radius 2 is 2.20 bits per heavy atom. The van der Waals surface area contributed by atoms with Crippen LogP contribution in [0, 0.1) is 0 Å². The van der Waals surface area contributed by atoms with Crippen molar-refractivity contribution >= 4 is 16.8 Å². The fraction of sp³-hybridized carbons (Fsp3) is 0.438. The van der Waals surface area contributed by atoms with Gasteiger partial charge in [0.2, 0.25) is 5.91 Å². The molecule has 0 spiro atoms. The molecule has 20 heavy (non-hydrogen) atoms. The van der Waals surface area contributed by atoms with E-state index in [1.165, 1.54) is 10.9 Å². The molecule has 1 aromatic heterocycles. The monoisotopic (exact) mass is 271 g/mol. The predicted octanol–water partition coefficient (Wildman–Crippen LogP) is 2.05. The van der Waals surface area contributed by atoms with Crippen LogP contribution in [0.4, 0.5) is 0 Å². The molecule has 1 aliphatic heterocycles. The van der Waals surface area contributed by atoms with Gasteiger partial charge in [-0.1, -0.05) is 18.6 Å². The van der Waals surface area contributed by atoms with E-state index in [-0.39, 0.29) is 11.8 Å². The van der Waals surface area contributed by atoms with E-state index in [4.69, 9.17) is 5.73 Å². The van der Waals surface area contributed by atoms with Crippen LogP contribution in [0.5, 0.6) is 0 Å². The summed E-state index contributed by atoms with van der Waals surface area (Å²) in [6.07, 6.45) is 5.79. The molecular formula is C16H21N3O. The quantitative estimate of drug-likeness (QED) is 0.745. The molecule has 0 saturated heterocycles. The standard InChI is InChI=1S/C16H21N3O/c17-8-2-1-4-13-12-5-3-6-14-15(12)11(10-19-14)7-9-18-16(13)20/h3,5-6,10,13,19H,1-2,4,7-9,17H2,(H,18,20). The van der Waals surface area contributed by atoms with Crippen LogP contribution in [0.1, 0.15) is 36.3 Å². The predicted molar refractivity (Wildman–Crippen MR) is 80.7 cm³/mol. The number of aromatic amines is 1. The van der Waals surface area contributed by atoms with E-state index in [9.17, 15) is 4.79 Å². The Labute approximate surface area is 118 Å². The summed E-state index contributed by atoms with van der Waals surface area (Å²) in [6, 6.07) is 6.21. The largest absolute Gasteiger partial charge is 0.361 e. The van der Waals surface area contributed by atoms with Gasteiger partial charge in [-0.25, -0.2) is 0 Å². The zero-order chi connectivity index (χ0) is 13.9. The summed E-state index contributed by atoms with van der Waals surface area (Å²) in [5.41, 5.74) is 9.17. The first-order valence-corrected chi connectivity index (χ1v) is 7.38. The van der Waals surface area contributed by atoms with Crippen LogP contribution in [-0.2, 0) is 11.2 Å². The Hall–Kier alpha value is -1.81. The lowest BCUT2D eigenvalue weighted by molar-refractivity contribution is -0.122. The molecule has 3 rings (SSSR count). The van der Waals surface area contributed by atoms with Crippen molar-refractivity contribution in [3.63, 3.8) is 0 Å². The molecule has 1 aromatic carbocycles. The Morgan fingerprint density at radius 3 is 3.05 bits per heavy atom. The second kappa shape index (κ2) is 5.67. The fourth-order valence-electron chi connectivity index (χ4n) is 3.14. The van der Waals surface area contributed by atoms with Gasteiger partial charge in [0.25, 0.3) is 0 Å². The minimum Gasteiger partial charge on any atom is -0.361 e. The summed E-state index contributed by atoms with van der Waals surface area (Å²) >= 11 is 0. The second-order valence-corrected chi connectivity index (χ2v) is 5.46. The maximum Gasteiger partial charge on any atom is 0.227 e. The second-order valence-electron chi connectivity index (χ2n) is 5.46. The molecule has 0 bridgehead atoms. The minimum absolute atomic E-state index is 0.0555. The molecular weight excluding hydrogens is 250 g/mol. The Bertz CT molecular complexity index is 617. The van der Waals surface area contributed by atoms with Crippen molar-refractivity contribution in [2.45, 2.75) is 31.6 Å². The highest BCUT2D eigenvalue weighted by Gasteiger charge is 2.25. The normalized spacial score (nSPS) is 18.6. The minimum atomic E-state index is -0.0555. The van der Waals surface area contributed by atoms with Crippen LogP contribution < -0.4 is 11.1 Å². The molecule has 4 nitrogen and oxygen atoms in total. The first-order chi connectivity index (χ1) is 9.81. The summed E-state index contributed by atoms with van der Waals surface area (Å²) in [4.78, 5) is 15.7. The van der Waals surface area contributed by atoms with E-state index in [0.29, 0.717) is 13.1 Å². The van der Waals surface area contributed by atoms with Gasteiger partial charge in [0, 0.05) is 23.6 Å². The van der Waals surface area contributed by atoms with Crippen LogP contribution in [0.15, 0.2) is 24.4 Å². The fourth-order valence-corrected chi connectivity index (χ4v) is 3.14. The van der Waals surface area contributed by atoms with Gasteiger partial charge in [-0.2, -0.15) is 0 Å². The first-order valence-electron chi connectivity index (χ1n) is 7.38. The highest BCUT2D eigenvalue weighted by atomic mass is 16.1. The summed E-state index contributed by atoms with van der Waals surface area (Å²) < 4.78 is 0. The number of amides is 1. The van der Waals surface area contributed by atoms with Crippen LogP contribution in [0.2, 0.25) is 0 Å². The third kappa shape index (κ3) is 2.31. The van der Waals surface area contributed by atoms with Crippen molar-refractivity contribution in [3.8, 4) is 0 Å². The molecule has 0 radical (unpaired) electrons. The molecule has 4 N–H and O–H groups in total. The number of hydrogen-bond acceptors (Lipinski definition) is 2. The maximum absolute atomic E-state index is 12.4. The number of H-pyrrole nitrogens is 1. The van der Waals surface area contributed by atoms with E-state index >= 15 is 0 Å². The molecule has 1 amide bonds. The number of unbranched alkanes of at least 4 members (excludes halogenated alkanes) is 1. The Kier molecular flexibility index (Phi) is 3.74. The Morgan fingerprint density at radius 1 is 1.30 bits per heavy atom. The lowest BCUT2D eigenvalue weighted by Crippen LogP contribution is -2.32. The van der Waals surface area contributed by atoms with Crippen LogP contribution in [0.25, 0.3) is 10.9 Å². The molecule has 0 fully saturated rings. The third-order valence-corrected chi connectivity index (χ3v) is 4.15. The van der Waals surface area contributed by atoms with Gasteiger partial charge in [0.05, 0.1) is 5.92 Å². The average Bonchev–Trinajstić information content (AvgIpc) is 2.86. The zero-order valence-corrected chi connectivity index (χ0v) is 11.6. The SMILES string of the molecule is NCCCCC1C(=O)NCCc2c[nH]c3cccc1c23. The van der Waals surface area contributed by atoms with Gasteiger partial charge < -0.3 is 16.0 Å². The van der Waals surface area contributed by atoms with E-state index in [2.05, 4.69) is 28.6 Å². The average molecular weight is 271 g/mol. The number of carbonyl (C=O) groups is 1. The van der Waals surface area contributed by atoms with E-state index < -0.39 is 0 Å². The summed E-state index contributed by atoms with van der Waals surface area (Å²) in [6.45, 7) is 1.40. The molecule has 106 valence electrons. The van der Waals surface area contributed by atoms with Crippen molar-refractivity contribution in [2.75, 3.05) is 13.1 Å². The lowest BCUT2D eigenvalue weighted by Gasteiger charge is -2.21. The van der Waals surface area contributed by atoms with E-state index in [1.807, 2.05) is 6.07 Å². The molecule has 2 aromatic rings. The van der Waals surface area contributed by atoms with Gasteiger partial charge in [0.15, 0.2) is 0 Å². The Balaban J connectivity index is 2.03. The molecule has 0 saturated carbocycles. The summed E-state index contributed by atoms with van der Waals surface area (Å²) in [5.74, 6) is 0.0986. The number of carbonyl (C=O) groups excluding carboxylic acids is 1. The number of nitrogens with one attached hydrogen (secondary N) is 2. The molecule has 1 unspecified atom stereocenters. The number of nitrogens with two attached hydrogens (primary N) is 1. The third-order valence-electron chi connectivity index (χ3n) is 4.15. The van der Waals surface area contributed by atoms with Crippen molar-refractivity contribution in [1.82, 2.24) is 10.3 Å². The first kappa shape index (κ1) is 13.2. The molecule has 4 heteroatoms. The molecule has 0 aliphatic carbocycles. The van der Waals surface area contributed by atoms with Crippen LogP contribution in [0.3, 0.4) is 0 Å². The number of hydrogen-bond donors (Lipinski definition) is 3. The van der Waals surface area contributed by atoms with Crippen molar-refractivity contribution < 1.29 is 4.79 Å². The molecule has 2 heterocycles. The van der Waals surface area contributed by atoms with Gasteiger partial charge in [-0.05, 0) is 43.0 Å². The van der Waals surface area contributed by atoms with Crippen molar-refractivity contribution in [2.24, 2.45) is 5.73 Å². The number of rotatable bonds is 4. The van der Waals surface area contributed by atoms with E-state index in [1.54, 1.807) is 0 Å². The van der Waals surface area contributed by atoms with Crippen molar-refractivity contribution in [1.29, 1.82) is 0 Å². The maximum atomic E-state index is 12.4. The van der Waals surface area contributed by atoms with Gasteiger partial charge in [-0.15, -0.1) is 0 Å². The topological polar surface area (TPSA) is 70.9 Å². The van der Waals surface area contributed by atoms with E-state index in [0.717, 1.165) is 36.8 Å². The number of aromatic nitrogens is 1. The summed E-state index contributed by atoms with van der Waals surface area (Å²) in [7, 11) is 0. The molecule has 1 aliphatic rings. The lowest BCUT2D eigenvalue weighted by atomic mass is 9.87. The highest BCUT2D eigenvalue weighted by Crippen LogP contribution is 2.32. The highest BCUT2D eigenvalue weighted by molar-refractivity contribution is 5.94. The van der Waals surface area contributed by atoms with Crippen LogP contribution in [-0.4, -0.2) is 24.0 Å².